The molecule has 0 radical (unpaired) electrons. The highest BCUT2D eigenvalue weighted by atomic mass is 32.2. The summed E-state index contributed by atoms with van der Waals surface area (Å²) < 4.78 is 25.3. The summed E-state index contributed by atoms with van der Waals surface area (Å²) in [6.07, 6.45) is -0.177. The Balaban J connectivity index is 2.64. The number of likely N-dealkylation sites (N-methyl/N-ethyl adjacent to an activating group) is 2. The molecule has 0 aromatic carbocycles. The fourth-order valence-electron chi connectivity index (χ4n) is 1.35. The van der Waals surface area contributed by atoms with E-state index in [-0.39, 0.29) is 23.7 Å². The Morgan fingerprint density at radius 3 is 2.50 bits per heavy atom. The maximum atomic E-state index is 12.1. The van der Waals surface area contributed by atoms with Crippen molar-refractivity contribution in [2.24, 2.45) is 0 Å². The van der Waals surface area contributed by atoms with Gasteiger partial charge in [0, 0.05) is 20.6 Å². The quantitative estimate of drug-likeness (QED) is 0.780. The SMILES string of the molecule is CN(CCC(=O)O)C(=O)CN(C)S(=O)(=O)c1cccs1. The fraction of sp³-hybridized carbons (Fsp3) is 0.455. The Hall–Kier alpha value is -1.45. The first-order chi connectivity index (χ1) is 9.25. The average molecular weight is 320 g/mol. The van der Waals surface area contributed by atoms with Gasteiger partial charge in [-0.25, -0.2) is 8.42 Å². The summed E-state index contributed by atoms with van der Waals surface area (Å²) in [6.45, 7) is -0.280. The van der Waals surface area contributed by atoms with Crippen molar-refractivity contribution >= 4 is 33.2 Å². The Kier molecular flexibility index (Phi) is 5.66. The number of carbonyl (C=O) groups excluding carboxylic acids is 1. The summed E-state index contributed by atoms with van der Waals surface area (Å²) in [4.78, 5) is 23.4. The highest BCUT2D eigenvalue weighted by Gasteiger charge is 2.25. The van der Waals surface area contributed by atoms with Crippen molar-refractivity contribution in [1.82, 2.24) is 9.21 Å². The zero-order valence-electron chi connectivity index (χ0n) is 11.1. The summed E-state index contributed by atoms with van der Waals surface area (Å²) in [5.74, 6) is -1.46. The van der Waals surface area contributed by atoms with Crippen molar-refractivity contribution in [1.29, 1.82) is 0 Å². The minimum Gasteiger partial charge on any atom is -0.481 e. The van der Waals surface area contributed by atoms with Crippen molar-refractivity contribution in [3.8, 4) is 0 Å². The molecule has 0 saturated carbocycles. The number of carbonyl (C=O) groups is 2. The van der Waals surface area contributed by atoms with Gasteiger partial charge in [0.15, 0.2) is 0 Å². The first-order valence-corrected chi connectivity index (χ1v) is 8.02. The predicted molar refractivity (Wildman–Crippen MR) is 74.0 cm³/mol. The number of hydrogen-bond donors (Lipinski definition) is 1. The first-order valence-electron chi connectivity index (χ1n) is 5.70. The molecular weight excluding hydrogens is 304 g/mol. The highest BCUT2D eigenvalue weighted by molar-refractivity contribution is 7.91. The molecule has 0 aliphatic carbocycles. The van der Waals surface area contributed by atoms with Gasteiger partial charge in [0.2, 0.25) is 5.91 Å². The van der Waals surface area contributed by atoms with Crippen LogP contribution in [0, 0.1) is 0 Å². The van der Waals surface area contributed by atoms with Gasteiger partial charge in [0.1, 0.15) is 4.21 Å². The van der Waals surface area contributed by atoms with Crippen molar-refractivity contribution in [3.05, 3.63) is 17.5 Å². The van der Waals surface area contributed by atoms with Crippen LogP contribution in [0.1, 0.15) is 6.42 Å². The molecule has 0 aliphatic rings. The Bertz CT molecular complexity index is 568. The van der Waals surface area contributed by atoms with Gasteiger partial charge < -0.3 is 10.0 Å². The van der Waals surface area contributed by atoms with Crippen LogP contribution in [0.4, 0.5) is 0 Å². The normalized spacial score (nSPS) is 11.6. The van der Waals surface area contributed by atoms with E-state index in [0.717, 1.165) is 15.6 Å². The minimum absolute atomic E-state index is 0.0427. The van der Waals surface area contributed by atoms with Gasteiger partial charge >= 0.3 is 5.97 Å². The van der Waals surface area contributed by atoms with E-state index >= 15 is 0 Å². The summed E-state index contributed by atoms with van der Waals surface area (Å²) in [5.41, 5.74) is 0. The topological polar surface area (TPSA) is 95.0 Å². The number of rotatable bonds is 7. The van der Waals surface area contributed by atoms with E-state index < -0.39 is 21.9 Å². The molecule has 112 valence electrons. The smallest absolute Gasteiger partial charge is 0.305 e. The lowest BCUT2D eigenvalue weighted by Crippen LogP contribution is -2.39. The third-order valence-corrected chi connectivity index (χ3v) is 5.78. The van der Waals surface area contributed by atoms with Crippen LogP contribution in [0.25, 0.3) is 0 Å². The van der Waals surface area contributed by atoms with Crippen LogP contribution in [-0.4, -0.2) is 61.8 Å². The lowest BCUT2D eigenvalue weighted by Gasteiger charge is -2.20. The second-order valence-electron chi connectivity index (χ2n) is 4.15. The van der Waals surface area contributed by atoms with Gasteiger partial charge in [-0.1, -0.05) is 6.07 Å². The molecule has 1 amide bonds. The zero-order chi connectivity index (χ0) is 15.3. The second kappa shape index (κ2) is 6.82. The standard InChI is InChI=1S/C11H16N2O5S2/c1-12(6-5-10(15)16)9(14)8-13(2)20(17,18)11-4-3-7-19-11/h3-4,7H,5-6,8H2,1-2H3,(H,15,16). The maximum Gasteiger partial charge on any atom is 0.305 e. The van der Waals surface area contributed by atoms with E-state index in [1.807, 2.05) is 0 Å². The summed E-state index contributed by atoms with van der Waals surface area (Å²) in [7, 11) is -0.909. The van der Waals surface area contributed by atoms with Crippen LogP contribution in [0.5, 0.6) is 0 Å². The number of hydrogen-bond acceptors (Lipinski definition) is 5. The highest BCUT2D eigenvalue weighted by Crippen LogP contribution is 2.19. The molecule has 1 aromatic rings. The Labute approximate surface area is 121 Å². The number of sulfonamides is 1. The largest absolute Gasteiger partial charge is 0.481 e. The van der Waals surface area contributed by atoms with Crippen molar-refractivity contribution < 1.29 is 23.1 Å². The molecule has 9 heteroatoms. The Morgan fingerprint density at radius 2 is 2.00 bits per heavy atom. The Morgan fingerprint density at radius 1 is 1.35 bits per heavy atom. The number of nitrogens with zero attached hydrogens (tertiary/aromatic N) is 2. The number of carboxylic acids is 1. The molecule has 0 fully saturated rings. The van der Waals surface area contributed by atoms with Crippen molar-refractivity contribution in [2.45, 2.75) is 10.6 Å². The second-order valence-corrected chi connectivity index (χ2v) is 7.37. The molecule has 0 bridgehead atoms. The lowest BCUT2D eigenvalue weighted by molar-refractivity contribution is -0.138. The minimum atomic E-state index is -3.67. The predicted octanol–water partition coefficient (Wildman–Crippen LogP) is 0.302. The fourth-order valence-corrected chi connectivity index (χ4v) is 3.67. The van der Waals surface area contributed by atoms with E-state index in [1.54, 1.807) is 11.4 Å². The molecule has 1 rings (SSSR count). The number of carboxylic acid groups (broad SMARTS) is 1. The summed E-state index contributed by atoms with van der Waals surface area (Å²) in [5, 5.41) is 10.2. The number of amides is 1. The monoisotopic (exact) mass is 320 g/mol. The molecule has 7 nitrogen and oxygen atoms in total. The van der Waals surface area contributed by atoms with Crippen LogP contribution in [0.15, 0.2) is 21.7 Å². The summed E-state index contributed by atoms with van der Waals surface area (Å²) >= 11 is 1.08. The third kappa shape index (κ3) is 4.29. The van der Waals surface area contributed by atoms with Crippen LogP contribution in [0.3, 0.4) is 0 Å². The molecular formula is C11H16N2O5S2. The van der Waals surface area contributed by atoms with Gasteiger partial charge in [-0.15, -0.1) is 11.3 Å². The molecule has 1 N–H and O–H groups in total. The first kappa shape index (κ1) is 16.6. The van der Waals surface area contributed by atoms with Crippen molar-refractivity contribution in [3.63, 3.8) is 0 Å². The van der Waals surface area contributed by atoms with Crippen molar-refractivity contribution in [2.75, 3.05) is 27.2 Å². The molecule has 0 spiro atoms. The van der Waals surface area contributed by atoms with E-state index in [0.29, 0.717) is 0 Å². The maximum absolute atomic E-state index is 12.1. The van der Waals surface area contributed by atoms with Gasteiger partial charge in [0.05, 0.1) is 13.0 Å². The molecule has 1 aromatic heterocycles. The molecule has 0 unspecified atom stereocenters. The third-order valence-electron chi connectivity index (χ3n) is 2.60. The zero-order valence-corrected chi connectivity index (χ0v) is 12.8. The molecule has 0 atom stereocenters. The van der Waals surface area contributed by atoms with Gasteiger partial charge in [-0.2, -0.15) is 4.31 Å². The van der Waals surface area contributed by atoms with Crippen LogP contribution in [0.2, 0.25) is 0 Å². The van der Waals surface area contributed by atoms with Gasteiger partial charge in [-0.3, -0.25) is 9.59 Å². The van der Waals surface area contributed by atoms with E-state index in [1.165, 1.54) is 25.1 Å². The average Bonchev–Trinajstić information content (AvgIpc) is 2.89. The lowest BCUT2D eigenvalue weighted by atomic mass is 10.4. The van der Waals surface area contributed by atoms with Crippen LogP contribution >= 0.6 is 11.3 Å². The van der Waals surface area contributed by atoms with E-state index in [2.05, 4.69) is 0 Å². The van der Waals surface area contributed by atoms with Gasteiger partial charge in [-0.05, 0) is 11.4 Å². The molecule has 0 saturated heterocycles. The van der Waals surface area contributed by atoms with E-state index in [9.17, 15) is 18.0 Å². The number of aliphatic carboxylic acids is 1. The van der Waals surface area contributed by atoms with Crippen LogP contribution in [-0.2, 0) is 19.6 Å². The summed E-state index contributed by atoms with van der Waals surface area (Å²) in [6, 6.07) is 3.08. The number of thiophene rings is 1. The van der Waals surface area contributed by atoms with E-state index in [4.69, 9.17) is 5.11 Å². The molecule has 1 heterocycles. The van der Waals surface area contributed by atoms with Crippen LogP contribution < -0.4 is 0 Å². The molecule has 0 aliphatic heterocycles. The van der Waals surface area contributed by atoms with Gasteiger partial charge in [0.25, 0.3) is 10.0 Å². The molecule has 20 heavy (non-hydrogen) atoms.